The van der Waals surface area contributed by atoms with Crippen LogP contribution >= 0.6 is 22.7 Å². The van der Waals surface area contributed by atoms with E-state index in [0.717, 1.165) is 13.0 Å². The van der Waals surface area contributed by atoms with Crippen LogP contribution in [0.25, 0.3) is 0 Å². The van der Waals surface area contributed by atoms with Gasteiger partial charge in [-0.05, 0) is 28.9 Å². The second kappa shape index (κ2) is 5.39. The molecule has 2 rings (SSSR count). The van der Waals surface area contributed by atoms with E-state index in [1.807, 2.05) is 11.7 Å². The van der Waals surface area contributed by atoms with Crippen LogP contribution < -0.4 is 5.32 Å². The van der Waals surface area contributed by atoms with Crippen molar-refractivity contribution in [2.75, 3.05) is 6.54 Å². The molecule has 2 nitrogen and oxygen atoms in total. The van der Waals surface area contributed by atoms with Gasteiger partial charge in [0.1, 0.15) is 0 Å². The Labute approximate surface area is 98.0 Å². The number of rotatable bonds is 5. The number of nitrogens with zero attached hydrogens (tertiary/aromatic N) is 1. The highest BCUT2D eigenvalue weighted by Gasteiger charge is 2.11. The average Bonchev–Trinajstić information content (AvgIpc) is 2.89. The van der Waals surface area contributed by atoms with Gasteiger partial charge in [0.05, 0.1) is 5.51 Å². The summed E-state index contributed by atoms with van der Waals surface area (Å²) in [6.45, 7) is 3.14. The Hall–Kier alpha value is -0.710. The Bertz CT molecular complexity index is 367. The Morgan fingerprint density at radius 3 is 3.07 bits per heavy atom. The minimum absolute atomic E-state index is 0.432. The van der Waals surface area contributed by atoms with Crippen molar-refractivity contribution < 1.29 is 0 Å². The van der Waals surface area contributed by atoms with Crippen molar-refractivity contribution >= 4 is 22.7 Å². The van der Waals surface area contributed by atoms with Gasteiger partial charge in [-0.15, -0.1) is 11.3 Å². The second-order valence-corrected chi connectivity index (χ2v) is 5.09. The molecule has 0 saturated carbocycles. The predicted octanol–water partition coefficient (Wildman–Crippen LogP) is 3.10. The van der Waals surface area contributed by atoms with Crippen LogP contribution in [-0.4, -0.2) is 11.5 Å². The quantitative estimate of drug-likeness (QED) is 0.866. The summed E-state index contributed by atoms with van der Waals surface area (Å²) < 4.78 is 0. The first-order chi connectivity index (χ1) is 7.40. The lowest BCUT2D eigenvalue weighted by atomic mass is 10.1. The van der Waals surface area contributed by atoms with Crippen LogP contribution in [0.4, 0.5) is 0 Å². The average molecular weight is 238 g/mol. The summed E-state index contributed by atoms with van der Waals surface area (Å²) in [6.07, 6.45) is 3.00. The first-order valence-corrected chi connectivity index (χ1v) is 6.85. The minimum Gasteiger partial charge on any atom is -0.310 e. The van der Waals surface area contributed by atoms with Crippen molar-refractivity contribution in [1.82, 2.24) is 10.3 Å². The molecule has 0 aliphatic carbocycles. The fourth-order valence-electron chi connectivity index (χ4n) is 1.57. The number of thiazole rings is 1. The van der Waals surface area contributed by atoms with E-state index in [0.29, 0.717) is 6.04 Å². The zero-order valence-electron chi connectivity index (χ0n) is 8.64. The molecule has 2 aromatic rings. The Kier molecular flexibility index (Phi) is 3.88. The molecule has 0 bridgehead atoms. The third-order valence-electron chi connectivity index (χ3n) is 2.28. The van der Waals surface area contributed by atoms with E-state index in [9.17, 15) is 0 Å². The molecule has 1 N–H and O–H groups in total. The molecular weight excluding hydrogens is 224 g/mol. The lowest BCUT2D eigenvalue weighted by Gasteiger charge is -2.15. The molecule has 2 heterocycles. The van der Waals surface area contributed by atoms with Gasteiger partial charge in [0, 0.05) is 23.5 Å². The van der Waals surface area contributed by atoms with Crippen LogP contribution in [0, 0.1) is 0 Å². The van der Waals surface area contributed by atoms with Crippen LogP contribution in [0.2, 0.25) is 0 Å². The summed E-state index contributed by atoms with van der Waals surface area (Å²) in [5, 5.41) is 7.86. The molecule has 0 aliphatic heterocycles. The highest BCUT2D eigenvalue weighted by molar-refractivity contribution is 7.09. The maximum Gasteiger partial charge on any atom is 0.0794 e. The third-order valence-corrected chi connectivity index (χ3v) is 3.79. The molecular formula is C11H14N2S2. The number of thiophene rings is 1. The smallest absolute Gasteiger partial charge is 0.0794 e. The van der Waals surface area contributed by atoms with Crippen molar-refractivity contribution in [2.24, 2.45) is 0 Å². The van der Waals surface area contributed by atoms with Crippen LogP contribution in [0.3, 0.4) is 0 Å². The fraction of sp³-hybridized carbons (Fsp3) is 0.364. The summed E-state index contributed by atoms with van der Waals surface area (Å²) in [6, 6.07) is 2.63. The largest absolute Gasteiger partial charge is 0.310 e. The van der Waals surface area contributed by atoms with Gasteiger partial charge in [0.2, 0.25) is 0 Å². The highest BCUT2D eigenvalue weighted by Crippen LogP contribution is 2.22. The van der Waals surface area contributed by atoms with E-state index in [1.165, 1.54) is 10.4 Å². The van der Waals surface area contributed by atoms with Crippen LogP contribution in [0.5, 0.6) is 0 Å². The minimum atomic E-state index is 0.432. The number of likely N-dealkylation sites (N-methyl/N-ethyl adjacent to an activating group) is 1. The van der Waals surface area contributed by atoms with Crippen molar-refractivity contribution in [3.8, 4) is 0 Å². The highest BCUT2D eigenvalue weighted by atomic mass is 32.1. The summed E-state index contributed by atoms with van der Waals surface area (Å²) in [5.41, 5.74) is 3.28. The fourth-order valence-corrected chi connectivity index (χ4v) is 2.93. The normalized spacial score (nSPS) is 12.9. The maximum atomic E-state index is 4.11. The summed E-state index contributed by atoms with van der Waals surface area (Å²) in [4.78, 5) is 5.45. The van der Waals surface area contributed by atoms with E-state index in [4.69, 9.17) is 0 Å². The van der Waals surface area contributed by atoms with Crippen LogP contribution in [0.15, 0.2) is 28.5 Å². The lowest BCUT2D eigenvalue weighted by molar-refractivity contribution is 0.554. The topological polar surface area (TPSA) is 24.9 Å². The first-order valence-electron chi connectivity index (χ1n) is 5.03. The van der Waals surface area contributed by atoms with Crippen molar-refractivity contribution in [3.05, 3.63) is 39.0 Å². The van der Waals surface area contributed by atoms with Crippen molar-refractivity contribution in [2.45, 2.75) is 19.4 Å². The van der Waals surface area contributed by atoms with Gasteiger partial charge in [-0.3, -0.25) is 4.98 Å². The number of aromatic nitrogens is 1. The second-order valence-electron chi connectivity index (χ2n) is 3.34. The first kappa shape index (κ1) is 10.8. The summed E-state index contributed by atoms with van der Waals surface area (Å²) >= 11 is 3.48. The molecule has 4 heteroatoms. The predicted molar refractivity (Wildman–Crippen MR) is 66.6 cm³/mol. The zero-order chi connectivity index (χ0) is 10.5. The Balaban J connectivity index is 2.07. The van der Waals surface area contributed by atoms with Gasteiger partial charge >= 0.3 is 0 Å². The van der Waals surface area contributed by atoms with E-state index < -0.39 is 0 Å². The van der Waals surface area contributed by atoms with Crippen molar-refractivity contribution in [1.29, 1.82) is 0 Å². The van der Waals surface area contributed by atoms with E-state index in [-0.39, 0.29) is 0 Å². The lowest BCUT2D eigenvalue weighted by Crippen LogP contribution is -2.22. The standard InChI is InChI=1S/C11H14N2S2/c1-2-13-11(9-3-4-14-7-9)5-10-6-12-8-15-10/h3-4,6-8,11,13H,2,5H2,1H3. The zero-order valence-corrected chi connectivity index (χ0v) is 10.3. The van der Waals surface area contributed by atoms with Gasteiger partial charge in [0.15, 0.2) is 0 Å². The molecule has 0 spiro atoms. The molecule has 1 atom stereocenters. The van der Waals surface area contributed by atoms with Gasteiger partial charge in [0.25, 0.3) is 0 Å². The van der Waals surface area contributed by atoms with E-state index >= 15 is 0 Å². The van der Waals surface area contributed by atoms with Crippen molar-refractivity contribution in [3.63, 3.8) is 0 Å². The molecule has 80 valence electrons. The third kappa shape index (κ3) is 2.87. The van der Waals surface area contributed by atoms with Gasteiger partial charge in [-0.25, -0.2) is 0 Å². The summed E-state index contributed by atoms with van der Waals surface area (Å²) in [5.74, 6) is 0. The van der Waals surface area contributed by atoms with Gasteiger partial charge < -0.3 is 5.32 Å². The number of hydrogen-bond acceptors (Lipinski definition) is 4. The molecule has 0 aromatic carbocycles. The van der Waals surface area contributed by atoms with E-state index in [1.54, 1.807) is 22.7 Å². The van der Waals surface area contributed by atoms with Gasteiger partial charge in [-0.1, -0.05) is 6.92 Å². The van der Waals surface area contributed by atoms with Crippen LogP contribution in [0.1, 0.15) is 23.4 Å². The number of nitrogens with one attached hydrogen (secondary N) is 1. The molecule has 0 aliphatic rings. The van der Waals surface area contributed by atoms with Crippen LogP contribution in [-0.2, 0) is 6.42 Å². The SMILES string of the molecule is CCNC(Cc1cncs1)c1ccsc1. The maximum absolute atomic E-state index is 4.11. The monoisotopic (exact) mass is 238 g/mol. The molecule has 2 aromatic heterocycles. The molecule has 0 fully saturated rings. The summed E-state index contributed by atoms with van der Waals surface area (Å²) in [7, 11) is 0. The molecule has 0 radical (unpaired) electrons. The van der Waals surface area contributed by atoms with E-state index in [2.05, 4.69) is 34.1 Å². The van der Waals surface area contributed by atoms with Gasteiger partial charge in [-0.2, -0.15) is 11.3 Å². The molecule has 0 saturated heterocycles. The Morgan fingerprint density at radius 1 is 1.53 bits per heavy atom. The molecule has 1 unspecified atom stereocenters. The Morgan fingerprint density at radius 2 is 2.47 bits per heavy atom. The molecule has 0 amide bonds. The molecule has 15 heavy (non-hydrogen) atoms. The number of hydrogen-bond donors (Lipinski definition) is 1.